The molecule has 3 amide bonds. The van der Waals surface area contributed by atoms with Crippen molar-refractivity contribution >= 4 is 23.4 Å². The van der Waals surface area contributed by atoms with Crippen molar-refractivity contribution < 1.29 is 24.0 Å². The lowest BCUT2D eigenvalue weighted by Gasteiger charge is -2.13. The van der Waals surface area contributed by atoms with Crippen LogP contribution in [0.15, 0.2) is 42.5 Å². The Hall–Kier alpha value is -4.26. The van der Waals surface area contributed by atoms with E-state index in [4.69, 9.17) is 10.00 Å². The number of ether oxygens (including phenoxy) is 1. The highest BCUT2D eigenvalue weighted by molar-refractivity contribution is 6.21. The number of fused-ring (bicyclic) bond motifs is 1. The van der Waals surface area contributed by atoms with Crippen molar-refractivity contribution in [3.8, 4) is 17.6 Å². The van der Waals surface area contributed by atoms with Crippen LogP contribution in [0.2, 0.25) is 0 Å². The van der Waals surface area contributed by atoms with E-state index >= 15 is 0 Å². The second-order valence-corrected chi connectivity index (χ2v) is 5.38. The number of imide groups is 1. The largest absolute Gasteiger partial charge is 0.457 e. The predicted molar refractivity (Wildman–Crippen MR) is 88.5 cm³/mol. The molecule has 0 atom stereocenters. The zero-order valence-electron chi connectivity index (χ0n) is 13.5. The van der Waals surface area contributed by atoms with E-state index in [9.17, 15) is 24.5 Å². The molecule has 1 N–H and O–H groups in total. The average molecular weight is 366 g/mol. The van der Waals surface area contributed by atoms with Gasteiger partial charge in [0.05, 0.1) is 22.1 Å². The lowest BCUT2D eigenvalue weighted by molar-refractivity contribution is -0.384. The Kier molecular flexibility index (Phi) is 4.51. The number of hydrazine groups is 1. The third-order valence-corrected chi connectivity index (χ3v) is 3.62. The van der Waals surface area contributed by atoms with Crippen LogP contribution in [0.4, 0.5) is 5.69 Å². The number of amides is 3. The molecule has 0 unspecified atom stereocenters. The van der Waals surface area contributed by atoms with Crippen LogP contribution in [0.25, 0.3) is 0 Å². The number of hydrogen-bond donors (Lipinski definition) is 1. The molecule has 2 aromatic carbocycles. The molecule has 1 aliphatic heterocycles. The summed E-state index contributed by atoms with van der Waals surface area (Å²) in [5.41, 5.74) is 2.09. The number of nitro groups is 1. The molecule has 134 valence electrons. The maximum Gasteiger partial charge on any atom is 0.280 e. The van der Waals surface area contributed by atoms with Crippen LogP contribution in [0.1, 0.15) is 27.1 Å². The number of carbonyl (C=O) groups excluding carboxylic acids is 3. The molecule has 1 heterocycles. The van der Waals surface area contributed by atoms with Gasteiger partial charge in [0.25, 0.3) is 23.4 Å². The van der Waals surface area contributed by atoms with E-state index in [0.29, 0.717) is 10.8 Å². The fourth-order valence-corrected chi connectivity index (χ4v) is 2.39. The first kappa shape index (κ1) is 17.6. The van der Waals surface area contributed by atoms with Gasteiger partial charge in [0, 0.05) is 12.1 Å². The van der Waals surface area contributed by atoms with Crippen LogP contribution in [-0.4, -0.2) is 27.7 Å². The molecule has 0 saturated heterocycles. The quantitative estimate of drug-likeness (QED) is 0.484. The molecule has 0 radical (unpaired) electrons. The molecular weight excluding hydrogens is 356 g/mol. The molecule has 0 saturated carbocycles. The number of nitrogens with one attached hydrogen (secondary N) is 1. The maximum absolute atomic E-state index is 12.3. The molecule has 1 aliphatic rings. The Balaban J connectivity index is 1.80. The Morgan fingerprint density at radius 3 is 2.37 bits per heavy atom. The first-order valence-electron chi connectivity index (χ1n) is 7.52. The topological polar surface area (TPSA) is 143 Å². The van der Waals surface area contributed by atoms with Crippen LogP contribution >= 0.6 is 0 Å². The normalized spacial score (nSPS) is 12.3. The molecule has 3 rings (SSSR count). The predicted octanol–water partition coefficient (Wildman–Crippen LogP) is 1.93. The number of hydrogen-bond acceptors (Lipinski definition) is 7. The smallest absolute Gasteiger partial charge is 0.280 e. The second-order valence-electron chi connectivity index (χ2n) is 5.38. The van der Waals surface area contributed by atoms with Crippen molar-refractivity contribution in [2.45, 2.75) is 6.42 Å². The van der Waals surface area contributed by atoms with Gasteiger partial charge in [-0.1, -0.05) is 0 Å². The zero-order chi connectivity index (χ0) is 19.6. The molecule has 0 aliphatic carbocycles. The highest BCUT2D eigenvalue weighted by Crippen LogP contribution is 2.29. The minimum absolute atomic E-state index is 0.0247. The summed E-state index contributed by atoms with van der Waals surface area (Å²) in [7, 11) is 0. The highest BCUT2D eigenvalue weighted by atomic mass is 16.6. The van der Waals surface area contributed by atoms with Gasteiger partial charge in [-0.25, -0.2) is 0 Å². The summed E-state index contributed by atoms with van der Waals surface area (Å²) in [5.74, 6) is -1.72. The van der Waals surface area contributed by atoms with E-state index in [1.54, 1.807) is 6.07 Å². The number of non-ortho nitro benzene ring substituents is 1. The van der Waals surface area contributed by atoms with Crippen LogP contribution in [0.5, 0.6) is 11.5 Å². The van der Waals surface area contributed by atoms with Gasteiger partial charge in [-0.2, -0.15) is 10.3 Å². The van der Waals surface area contributed by atoms with Crippen LogP contribution in [0, 0.1) is 21.4 Å². The number of benzene rings is 2. The Morgan fingerprint density at radius 1 is 1.11 bits per heavy atom. The molecule has 0 fully saturated rings. The first-order chi connectivity index (χ1) is 12.9. The summed E-state index contributed by atoms with van der Waals surface area (Å²) >= 11 is 0. The Labute approximate surface area is 151 Å². The van der Waals surface area contributed by atoms with Crippen LogP contribution in [0.3, 0.4) is 0 Å². The fourth-order valence-electron chi connectivity index (χ4n) is 2.39. The van der Waals surface area contributed by atoms with Crippen molar-refractivity contribution in [3.05, 3.63) is 63.7 Å². The molecule has 2 aromatic rings. The van der Waals surface area contributed by atoms with E-state index in [0.717, 1.165) is 0 Å². The van der Waals surface area contributed by atoms with Crippen molar-refractivity contribution in [3.63, 3.8) is 0 Å². The van der Waals surface area contributed by atoms with Crippen molar-refractivity contribution in [2.24, 2.45) is 0 Å². The Morgan fingerprint density at radius 2 is 1.74 bits per heavy atom. The van der Waals surface area contributed by atoms with Gasteiger partial charge < -0.3 is 4.74 Å². The number of nitro benzene ring substituents is 1. The summed E-state index contributed by atoms with van der Waals surface area (Å²) in [6.45, 7) is 0. The molecular formula is C17H10N4O6. The van der Waals surface area contributed by atoms with E-state index in [1.165, 1.54) is 42.5 Å². The van der Waals surface area contributed by atoms with Gasteiger partial charge in [-0.3, -0.25) is 29.9 Å². The first-order valence-corrected chi connectivity index (χ1v) is 7.52. The van der Waals surface area contributed by atoms with E-state index in [-0.39, 0.29) is 22.6 Å². The lowest BCUT2D eigenvalue weighted by atomic mass is 10.1. The summed E-state index contributed by atoms with van der Waals surface area (Å²) in [6, 6.07) is 11.1. The third-order valence-electron chi connectivity index (χ3n) is 3.62. The molecule has 0 bridgehead atoms. The number of nitriles is 1. The third kappa shape index (κ3) is 3.42. The monoisotopic (exact) mass is 366 g/mol. The number of rotatable bonds is 5. The number of nitrogens with zero attached hydrogens (tertiary/aromatic N) is 3. The van der Waals surface area contributed by atoms with Crippen LogP contribution in [-0.2, 0) is 4.79 Å². The average Bonchev–Trinajstić information content (AvgIpc) is 2.87. The van der Waals surface area contributed by atoms with Gasteiger partial charge in [0.15, 0.2) is 0 Å². The molecule has 27 heavy (non-hydrogen) atoms. The molecule has 0 aromatic heterocycles. The summed E-state index contributed by atoms with van der Waals surface area (Å²) < 4.78 is 5.54. The number of carbonyl (C=O) groups is 3. The zero-order valence-corrected chi connectivity index (χ0v) is 13.5. The summed E-state index contributed by atoms with van der Waals surface area (Å²) in [6.07, 6.45) is -0.498. The van der Waals surface area contributed by atoms with Crippen molar-refractivity contribution in [2.75, 3.05) is 0 Å². The van der Waals surface area contributed by atoms with Crippen LogP contribution < -0.4 is 10.2 Å². The summed E-state index contributed by atoms with van der Waals surface area (Å²) in [5, 5.41) is 19.7. The molecule has 10 nitrogen and oxygen atoms in total. The SMILES string of the molecule is N#CCC(=O)NN1C(=O)c2ccc(Oc3ccc([N+](=O)[O-])cc3)cc2C1=O. The minimum Gasteiger partial charge on any atom is -0.457 e. The van der Waals surface area contributed by atoms with Gasteiger partial charge in [0.1, 0.15) is 17.9 Å². The van der Waals surface area contributed by atoms with E-state index in [1.807, 2.05) is 0 Å². The second kappa shape index (κ2) is 6.93. The highest BCUT2D eigenvalue weighted by Gasteiger charge is 2.37. The Bertz CT molecular complexity index is 1010. The van der Waals surface area contributed by atoms with E-state index in [2.05, 4.69) is 5.43 Å². The maximum atomic E-state index is 12.3. The molecule has 10 heteroatoms. The minimum atomic E-state index is -0.783. The molecule has 0 spiro atoms. The van der Waals surface area contributed by atoms with Gasteiger partial charge in [-0.15, -0.1) is 0 Å². The lowest BCUT2D eigenvalue weighted by Crippen LogP contribution is -2.45. The standard InChI is InChI=1S/C17H10N4O6/c18-8-7-15(22)19-20-16(23)13-6-5-12(9-14(13)17(20)24)27-11-3-1-10(2-4-11)21(25)26/h1-6,9H,7H2,(H,19,22). The van der Waals surface area contributed by atoms with Gasteiger partial charge in [-0.05, 0) is 30.3 Å². The van der Waals surface area contributed by atoms with Gasteiger partial charge in [0.2, 0.25) is 0 Å². The summed E-state index contributed by atoms with van der Waals surface area (Å²) in [4.78, 5) is 46.2. The van der Waals surface area contributed by atoms with E-state index < -0.39 is 29.1 Å². The van der Waals surface area contributed by atoms with Crippen molar-refractivity contribution in [1.29, 1.82) is 5.26 Å². The van der Waals surface area contributed by atoms with Crippen molar-refractivity contribution in [1.82, 2.24) is 10.4 Å². The van der Waals surface area contributed by atoms with Gasteiger partial charge >= 0.3 is 0 Å². The fraction of sp³-hybridized carbons (Fsp3) is 0.0588.